The molecule has 16 heavy (non-hydrogen) atoms. The first kappa shape index (κ1) is 16.4. The van der Waals surface area contributed by atoms with Crippen molar-refractivity contribution in [2.45, 2.75) is 20.3 Å². The van der Waals surface area contributed by atoms with Crippen LogP contribution in [0.5, 0.6) is 0 Å². The van der Waals surface area contributed by atoms with Crippen LogP contribution in [0.2, 0.25) is 0 Å². The Bertz CT molecular complexity index is 342. The van der Waals surface area contributed by atoms with Crippen molar-refractivity contribution in [3.05, 3.63) is 11.6 Å². The SMILES string of the molecule is CC/C(C)=C\COP(=O)(O)OP(=O)(O)OS. The van der Waals surface area contributed by atoms with Crippen molar-refractivity contribution < 1.29 is 31.7 Å². The molecule has 2 atom stereocenters. The molecule has 0 fully saturated rings. The molecule has 2 unspecified atom stereocenters. The number of thiol groups is 1. The highest BCUT2D eigenvalue weighted by atomic mass is 32.1. The molecule has 0 saturated carbocycles. The Balaban J connectivity index is 4.27. The van der Waals surface area contributed by atoms with Crippen LogP contribution in [0.3, 0.4) is 0 Å². The molecule has 0 rings (SSSR count). The third-order valence-corrected chi connectivity index (χ3v) is 4.49. The first-order chi connectivity index (χ1) is 7.22. The molecule has 0 amide bonds. The van der Waals surface area contributed by atoms with Gasteiger partial charge in [-0.05, 0) is 26.3 Å². The van der Waals surface area contributed by atoms with Crippen LogP contribution in [-0.2, 0) is 21.9 Å². The van der Waals surface area contributed by atoms with Gasteiger partial charge >= 0.3 is 15.6 Å². The zero-order valence-electron chi connectivity index (χ0n) is 8.77. The van der Waals surface area contributed by atoms with Crippen LogP contribution >= 0.6 is 28.6 Å². The smallest absolute Gasteiger partial charge is 0.302 e. The first-order valence-corrected chi connectivity index (χ1v) is 7.58. The number of hydrogen-bond acceptors (Lipinski definition) is 6. The highest BCUT2D eigenvalue weighted by Gasteiger charge is 2.34. The van der Waals surface area contributed by atoms with Crippen LogP contribution in [0.15, 0.2) is 11.6 Å². The standard InChI is InChI=1S/C6H14O7P2S/c1-3-6(2)4-5-11-14(7,8)12-15(9,10)13-16/h4,16H,3,5H2,1-2H3,(H,7,8)(H,9,10)/b6-4-. The highest BCUT2D eigenvalue weighted by Crippen LogP contribution is 2.60. The summed E-state index contributed by atoms with van der Waals surface area (Å²) in [7, 11) is -9.29. The highest BCUT2D eigenvalue weighted by molar-refractivity contribution is 7.81. The molecule has 0 aromatic heterocycles. The molecule has 0 radical (unpaired) electrons. The monoisotopic (exact) mass is 292 g/mol. The topological polar surface area (TPSA) is 102 Å². The Morgan fingerprint density at radius 3 is 2.38 bits per heavy atom. The van der Waals surface area contributed by atoms with Crippen LogP contribution in [0.4, 0.5) is 0 Å². The van der Waals surface area contributed by atoms with E-state index in [4.69, 9.17) is 9.79 Å². The van der Waals surface area contributed by atoms with Crippen molar-refractivity contribution in [2.75, 3.05) is 6.61 Å². The van der Waals surface area contributed by atoms with Gasteiger partial charge in [-0.3, -0.25) is 4.52 Å². The van der Waals surface area contributed by atoms with E-state index in [9.17, 15) is 9.13 Å². The summed E-state index contributed by atoms with van der Waals surface area (Å²) < 4.78 is 33.8. The van der Waals surface area contributed by atoms with Gasteiger partial charge in [0, 0.05) is 0 Å². The molecule has 96 valence electrons. The summed E-state index contributed by atoms with van der Waals surface area (Å²) in [4.78, 5) is 17.7. The van der Waals surface area contributed by atoms with Gasteiger partial charge in [-0.2, -0.15) is 4.31 Å². The number of hydrogen-bond donors (Lipinski definition) is 3. The maximum atomic E-state index is 11.1. The van der Waals surface area contributed by atoms with E-state index in [-0.39, 0.29) is 6.61 Å². The lowest BCUT2D eigenvalue weighted by Crippen LogP contribution is -1.95. The summed E-state index contributed by atoms with van der Waals surface area (Å²) in [5.74, 6) is 0. The summed E-state index contributed by atoms with van der Waals surface area (Å²) >= 11 is 3.01. The van der Waals surface area contributed by atoms with Gasteiger partial charge in [0.1, 0.15) is 0 Å². The van der Waals surface area contributed by atoms with Gasteiger partial charge in [0.25, 0.3) is 0 Å². The van der Waals surface area contributed by atoms with Gasteiger partial charge in [-0.15, -0.1) is 0 Å². The van der Waals surface area contributed by atoms with Crippen molar-refractivity contribution in [1.82, 2.24) is 0 Å². The maximum Gasteiger partial charge on any atom is 0.492 e. The van der Waals surface area contributed by atoms with Crippen LogP contribution in [0.1, 0.15) is 20.3 Å². The summed E-state index contributed by atoms with van der Waals surface area (Å²) in [5, 5.41) is 0. The number of rotatable bonds is 7. The van der Waals surface area contributed by atoms with Crippen LogP contribution in [-0.4, -0.2) is 16.4 Å². The van der Waals surface area contributed by atoms with E-state index in [1.807, 2.05) is 6.92 Å². The van der Waals surface area contributed by atoms with Gasteiger partial charge < -0.3 is 9.79 Å². The zero-order valence-corrected chi connectivity index (χ0v) is 11.5. The number of phosphoric ester groups is 1. The molecular formula is C6H14O7P2S. The minimum Gasteiger partial charge on any atom is -0.302 e. The van der Waals surface area contributed by atoms with Crippen molar-refractivity contribution in [3.63, 3.8) is 0 Å². The fourth-order valence-electron chi connectivity index (χ4n) is 0.587. The minimum absolute atomic E-state index is 0.208. The Morgan fingerprint density at radius 1 is 1.38 bits per heavy atom. The quantitative estimate of drug-likeness (QED) is 0.286. The lowest BCUT2D eigenvalue weighted by Gasteiger charge is -2.12. The second-order valence-corrected chi connectivity index (χ2v) is 6.24. The molecule has 0 saturated heterocycles. The van der Waals surface area contributed by atoms with Gasteiger partial charge in [0.05, 0.1) is 6.61 Å². The maximum absolute atomic E-state index is 11.1. The van der Waals surface area contributed by atoms with E-state index in [0.29, 0.717) is 0 Å². The minimum atomic E-state index is -4.66. The fraction of sp³-hybridized carbons (Fsp3) is 0.667. The molecular weight excluding hydrogens is 278 g/mol. The van der Waals surface area contributed by atoms with Crippen molar-refractivity contribution >= 4 is 28.6 Å². The van der Waals surface area contributed by atoms with E-state index < -0.39 is 15.6 Å². The molecule has 0 aromatic carbocycles. The summed E-state index contributed by atoms with van der Waals surface area (Å²) in [5.41, 5.74) is 0.942. The van der Waals surface area contributed by atoms with E-state index in [1.165, 1.54) is 0 Å². The molecule has 0 aliphatic carbocycles. The van der Waals surface area contributed by atoms with E-state index in [0.717, 1.165) is 12.0 Å². The fourth-order valence-corrected chi connectivity index (χ4v) is 2.47. The molecule has 0 aliphatic heterocycles. The second kappa shape index (κ2) is 6.93. The molecule has 0 spiro atoms. The average Bonchev–Trinajstić information content (AvgIpc) is 2.15. The van der Waals surface area contributed by atoms with Gasteiger partial charge in [0.15, 0.2) is 0 Å². The molecule has 2 N–H and O–H groups in total. The summed E-state index contributed by atoms with van der Waals surface area (Å²) in [6.45, 7) is 3.50. The van der Waals surface area contributed by atoms with Gasteiger partial charge in [0.2, 0.25) is 0 Å². The molecule has 10 heteroatoms. The van der Waals surface area contributed by atoms with Crippen LogP contribution in [0, 0.1) is 0 Å². The molecule has 7 nitrogen and oxygen atoms in total. The first-order valence-electron chi connectivity index (χ1n) is 4.22. The zero-order chi connectivity index (χ0) is 12.8. The Hall–Kier alpha value is 0.350. The van der Waals surface area contributed by atoms with Gasteiger partial charge in [-0.1, -0.05) is 18.6 Å². The third kappa shape index (κ3) is 7.60. The summed E-state index contributed by atoms with van der Waals surface area (Å²) in [6, 6.07) is 0. The lowest BCUT2D eigenvalue weighted by molar-refractivity contribution is 0.197. The molecule has 0 aliphatic rings. The van der Waals surface area contributed by atoms with Crippen LogP contribution < -0.4 is 0 Å². The molecule has 0 heterocycles. The van der Waals surface area contributed by atoms with Gasteiger partial charge in [-0.25, -0.2) is 13.1 Å². The molecule has 0 bridgehead atoms. The van der Waals surface area contributed by atoms with Crippen LogP contribution in [0.25, 0.3) is 0 Å². The average molecular weight is 292 g/mol. The Kier molecular flexibility index (Phi) is 7.09. The van der Waals surface area contributed by atoms with Crippen molar-refractivity contribution in [3.8, 4) is 0 Å². The predicted octanol–water partition coefficient (Wildman–Crippen LogP) is 2.44. The Labute approximate surface area is 99.3 Å². The lowest BCUT2D eigenvalue weighted by atomic mass is 10.2. The normalized spacial score (nSPS) is 20.2. The number of allylic oxidation sites excluding steroid dienone is 1. The second-order valence-electron chi connectivity index (χ2n) is 2.80. The molecule has 0 aromatic rings. The largest absolute Gasteiger partial charge is 0.492 e. The van der Waals surface area contributed by atoms with Crippen molar-refractivity contribution in [1.29, 1.82) is 0 Å². The van der Waals surface area contributed by atoms with E-state index in [2.05, 4.69) is 25.7 Å². The summed E-state index contributed by atoms with van der Waals surface area (Å²) in [6.07, 6.45) is 2.31. The van der Waals surface area contributed by atoms with Crippen molar-refractivity contribution in [2.24, 2.45) is 0 Å². The van der Waals surface area contributed by atoms with E-state index >= 15 is 0 Å². The Morgan fingerprint density at radius 2 is 1.94 bits per heavy atom. The number of phosphoric acid groups is 2. The predicted molar refractivity (Wildman–Crippen MR) is 60.8 cm³/mol. The van der Waals surface area contributed by atoms with E-state index in [1.54, 1.807) is 13.0 Å². The third-order valence-electron chi connectivity index (χ3n) is 1.54.